The number of hydrogen-bond donors (Lipinski definition) is 1. The molecule has 0 atom stereocenters. The molecule has 0 saturated carbocycles. The summed E-state index contributed by atoms with van der Waals surface area (Å²) >= 11 is 3.75. The molecule has 0 unspecified atom stereocenters. The smallest absolute Gasteiger partial charge is 0.0545 e. The van der Waals surface area contributed by atoms with Crippen LogP contribution in [0.2, 0.25) is 0 Å². The molecular weight excluding hydrogens is 502 g/mol. The molecule has 1 heterocycles. The van der Waals surface area contributed by atoms with Crippen molar-refractivity contribution < 1.29 is 0 Å². The van der Waals surface area contributed by atoms with Gasteiger partial charge in [-0.25, -0.2) is 0 Å². The maximum atomic E-state index is 3.77. The number of fused-ring (bicyclic) bond motifs is 4. The van der Waals surface area contributed by atoms with E-state index in [9.17, 15) is 0 Å². The van der Waals surface area contributed by atoms with Crippen LogP contribution >= 0.6 is 15.9 Å². The Morgan fingerprint density at radius 2 is 1.06 bits per heavy atom. The van der Waals surface area contributed by atoms with Crippen molar-refractivity contribution in [3.05, 3.63) is 132 Å². The maximum absolute atomic E-state index is 3.77. The standard InChI is InChI=1S/C34H22BrN/c35-32-17-16-27(26-13-7-8-14-28(26)32)30-20-25(23-11-5-2-6-12-23)21-31-29-19-24(22-9-3-1-4-10-22)15-18-33(29)36-34(30)31/h1-21,36H. The predicted molar refractivity (Wildman–Crippen MR) is 157 cm³/mol. The van der Waals surface area contributed by atoms with Gasteiger partial charge in [0.1, 0.15) is 0 Å². The zero-order valence-electron chi connectivity index (χ0n) is 19.5. The maximum Gasteiger partial charge on any atom is 0.0545 e. The molecule has 0 fully saturated rings. The van der Waals surface area contributed by atoms with E-state index in [1.165, 1.54) is 60.4 Å². The van der Waals surface area contributed by atoms with E-state index in [1.54, 1.807) is 0 Å². The third-order valence-electron chi connectivity index (χ3n) is 7.08. The van der Waals surface area contributed by atoms with E-state index in [2.05, 4.69) is 148 Å². The van der Waals surface area contributed by atoms with E-state index >= 15 is 0 Å². The Morgan fingerprint density at radius 3 is 1.81 bits per heavy atom. The number of aromatic nitrogens is 1. The van der Waals surface area contributed by atoms with E-state index in [4.69, 9.17) is 0 Å². The van der Waals surface area contributed by atoms with Crippen molar-refractivity contribution in [3.63, 3.8) is 0 Å². The minimum atomic E-state index is 1.11. The lowest BCUT2D eigenvalue weighted by atomic mass is 9.92. The minimum absolute atomic E-state index is 1.11. The topological polar surface area (TPSA) is 15.8 Å². The van der Waals surface area contributed by atoms with Gasteiger partial charge in [0.25, 0.3) is 0 Å². The third kappa shape index (κ3) is 3.45. The first-order valence-corrected chi connectivity index (χ1v) is 12.9. The lowest BCUT2D eigenvalue weighted by Gasteiger charge is -2.12. The van der Waals surface area contributed by atoms with E-state index < -0.39 is 0 Å². The molecule has 0 aliphatic heterocycles. The largest absolute Gasteiger partial charge is 0.354 e. The summed E-state index contributed by atoms with van der Waals surface area (Å²) in [5.74, 6) is 0. The van der Waals surface area contributed by atoms with Gasteiger partial charge in [0, 0.05) is 26.3 Å². The Labute approximate surface area is 218 Å². The van der Waals surface area contributed by atoms with Crippen LogP contribution in [-0.2, 0) is 0 Å². The lowest BCUT2D eigenvalue weighted by molar-refractivity contribution is 1.53. The highest BCUT2D eigenvalue weighted by Crippen LogP contribution is 2.41. The van der Waals surface area contributed by atoms with Crippen LogP contribution in [0.5, 0.6) is 0 Å². The summed E-state index contributed by atoms with van der Waals surface area (Å²) in [6.07, 6.45) is 0. The van der Waals surface area contributed by atoms with Gasteiger partial charge < -0.3 is 4.98 Å². The zero-order chi connectivity index (χ0) is 24.1. The number of H-pyrrole nitrogens is 1. The van der Waals surface area contributed by atoms with Crippen molar-refractivity contribution in [2.75, 3.05) is 0 Å². The molecule has 0 spiro atoms. The van der Waals surface area contributed by atoms with Crippen LogP contribution in [0.15, 0.2) is 132 Å². The van der Waals surface area contributed by atoms with Crippen molar-refractivity contribution in [3.8, 4) is 33.4 Å². The summed E-state index contributed by atoms with van der Waals surface area (Å²) < 4.78 is 1.11. The van der Waals surface area contributed by atoms with Crippen molar-refractivity contribution in [1.82, 2.24) is 4.98 Å². The molecule has 1 N–H and O–H groups in total. The van der Waals surface area contributed by atoms with Gasteiger partial charge >= 0.3 is 0 Å². The fraction of sp³-hybridized carbons (Fsp3) is 0. The van der Waals surface area contributed by atoms with Gasteiger partial charge in [-0.15, -0.1) is 0 Å². The van der Waals surface area contributed by atoms with E-state index in [-0.39, 0.29) is 0 Å². The molecule has 0 amide bonds. The average Bonchev–Trinajstić information content (AvgIpc) is 3.32. The predicted octanol–water partition coefficient (Wildman–Crippen LogP) is 10.2. The Kier molecular flexibility index (Phi) is 5.00. The Bertz CT molecular complexity index is 1880. The monoisotopic (exact) mass is 523 g/mol. The highest BCUT2D eigenvalue weighted by atomic mass is 79.9. The number of halogens is 1. The van der Waals surface area contributed by atoms with Crippen LogP contribution in [-0.4, -0.2) is 4.98 Å². The van der Waals surface area contributed by atoms with Crippen molar-refractivity contribution >= 4 is 48.5 Å². The number of rotatable bonds is 3. The molecule has 36 heavy (non-hydrogen) atoms. The number of nitrogens with one attached hydrogen (secondary N) is 1. The Hall–Kier alpha value is -4.14. The zero-order valence-corrected chi connectivity index (χ0v) is 21.1. The molecule has 0 aliphatic rings. The summed E-state index contributed by atoms with van der Waals surface area (Å²) in [7, 11) is 0. The molecule has 6 aromatic carbocycles. The van der Waals surface area contributed by atoms with Gasteiger partial charge in [-0.1, -0.05) is 113 Å². The molecule has 7 aromatic rings. The van der Waals surface area contributed by atoms with Crippen LogP contribution in [0.3, 0.4) is 0 Å². The highest BCUT2D eigenvalue weighted by Gasteiger charge is 2.16. The summed E-state index contributed by atoms with van der Waals surface area (Å²) in [4.78, 5) is 3.77. The normalized spacial score (nSPS) is 11.5. The second-order valence-electron chi connectivity index (χ2n) is 9.20. The van der Waals surface area contributed by atoms with Crippen LogP contribution in [0.4, 0.5) is 0 Å². The summed E-state index contributed by atoms with van der Waals surface area (Å²) in [6, 6.07) is 45.7. The third-order valence-corrected chi connectivity index (χ3v) is 7.77. The fourth-order valence-electron chi connectivity index (χ4n) is 5.32. The summed E-state index contributed by atoms with van der Waals surface area (Å²) in [6.45, 7) is 0. The first kappa shape index (κ1) is 21.2. The Balaban J connectivity index is 1.58. The SMILES string of the molecule is Brc1ccc(-c2cc(-c3ccccc3)cc3c2[nH]c2ccc(-c4ccccc4)cc23)c2ccccc12. The number of aromatic amines is 1. The molecule has 0 aliphatic carbocycles. The molecule has 0 saturated heterocycles. The first-order valence-electron chi connectivity index (χ1n) is 12.1. The quantitative estimate of drug-likeness (QED) is 0.237. The second-order valence-corrected chi connectivity index (χ2v) is 10.1. The fourth-order valence-corrected chi connectivity index (χ4v) is 5.79. The number of benzene rings is 6. The van der Waals surface area contributed by atoms with E-state index in [0.717, 1.165) is 9.99 Å². The summed E-state index contributed by atoms with van der Waals surface area (Å²) in [5, 5.41) is 4.94. The van der Waals surface area contributed by atoms with Gasteiger partial charge in [-0.3, -0.25) is 0 Å². The van der Waals surface area contributed by atoms with Crippen LogP contribution in [0, 0.1) is 0 Å². The van der Waals surface area contributed by atoms with Crippen molar-refractivity contribution in [2.24, 2.45) is 0 Å². The average molecular weight is 524 g/mol. The highest BCUT2D eigenvalue weighted by molar-refractivity contribution is 9.10. The minimum Gasteiger partial charge on any atom is -0.354 e. The summed E-state index contributed by atoms with van der Waals surface area (Å²) in [5.41, 5.74) is 9.66. The molecule has 1 aromatic heterocycles. The van der Waals surface area contributed by atoms with Crippen molar-refractivity contribution in [1.29, 1.82) is 0 Å². The molecule has 7 rings (SSSR count). The van der Waals surface area contributed by atoms with E-state index in [0.29, 0.717) is 0 Å². The molecule has 0 radical (unpaired) electrons. The van der Waals surface area contributed by atoms with Gasteiger partial charge in [-0.2, -0.15) is 0 Å². The molecule has 170 valence electrons. The molecule has 1 nitrogen and oxygen atoms in total. The molecule has 2 heteroatoms. The van der Waals surface area contributed by atoms with Crippen LogP contribution < -0.4 is 0 Å². The molecule has 0 bridgehead atoms. The van der Waals surface area contributed by atoms with E-state index in [1.807, 2.05) is 0 Å². The lowest BCUT2D eigenvalue weighted by Crippen LogP contribution is -1.87. The van der Waals surface area contributed by atoms with Gasteiger partial charge in [0.15, 0.2) is 0 Å². The second kappa shape index (κ2) is 8.51. The van der Waals surface area contributed by atoms with Crippen LogP contribution in [0.25, 0.3) is 66.0 Å². The van der Waals surface area contributed by atoms with Crippen molar-refractivity contribution in [2.45, 2.75) is 0 Å². The first-order chi connectivity index (χ1) is 17.8. The molecular formula is C34H22BrN. The van der Waals surface area contributed by atoms with Gasteiger partial charge in [0.2, 0.25) is 0 Å². The number of hydrogen-bond acceptors (Lipinski definition) is 0. The van der Waals surface area contributed by atoms with Gasteiger partial charge in [-0.05, 0) is 68.9 Å². The Morgan fingerprint density at radius 1 is 0.417 bits per heavy atom. The van der Waals surface area contributed by atoms with Crippen LogP contribution in [0.1, 0.15) is 0 Å². The van der Waals surface area contributed by atoms with Gasteiger partial charge in [0.05, 0.1) is 5.52 Å².